The molecule has 2 heterocycles. The Morgan fingerprint density at radius 1 is 1.58 bits per heavy atom. The molecule has 0 radical (unpaired) electrons. The maximum absolute atomic E-state index is 14.6. The van der Waals surface area contributed by atoms with Crippen LogP contribution in [0.25, 0.3) is 0 Å². The first-order chi connectivity index (χ1) is 8.66. The number of nitrogens with two attached hydrogens (primary N) is 1. The molecule has 1 aromatic heterocycles. The Hall–Kier alpha value is -1.58. The van der Waals surface area contributed by atoms with Crippen LogP contribution in [0, 0.1) is 0 Å². The highest BCUT2D eigenvalue weighted by atomic mass is 19.2. The Bertz CT molecular complexity index is 621. The molecule has 0 aromatic carbocycles. The number of alkyl halides is 2. The van der Waals surface area contributed by atoms with Gasteiger partial charge in [0.25, 0.3) is 5.85 Å². The Morgan fingerprint density at radius 2 is 2.21 bits per heavy atom. The van der Waals surface area contributed by atoms with Crippen molar-refractivity contribution in [3.8, 4) is 0 Å². The number of ether oxygens (including phenoxy) is 1. The molecule has 9 heteroatoms. The molecular weight excluding hydrogens is 264 g/mol. The van der Waals surface area contributed by atoms with Gasteiger partial charge < -0.3 is 20.7 Å². The van der Waals surface area contributed by atoms with Crippen LogP contribution in [0.15, 0.2) is 17.1 Å². The molecule has 2 fully saturated rings. The lowest BCUT2D eigenvalue weighted by atomic mass is 9.97. The van der Waals surface area contributed by atoms with E-state index in [0.29, 0.717) is 4.57 Å². The minimum absolute atomic E-state index is 0.0846. The van der Waals surface area contributed by atoms with Gasteiger partial charge in [0.2, 0.25) is 0 Å². The lowest BCUT2D eigenvalue weighted by Crippen LogP contribution is -2.47. The summed E-state index contributed by atoms with van der Waals surface area (Å²) < 4.78 is 33.9. The van der Waals surface area contributed by atoms with Gasteiger partial charge in [0, 0.05) is 6.20 Å². The molecular formula is C10H11F2N3O4. The summed E-state index contributed by atoms with van der Waals surface area (Å²) in [6.45, 7) is 0.845. The third kappa shape index (κ3) is 1.15. The van der Waals surface area contributed by atoms with Crippen molar-refractivity contribution in [2.75, 3.05) is 5.73 Å². The average molecular weight is 275 g/mol. The van der Waals surface area contributed by atoms with Gasteiger partial charge in [-0.15, -0.1) is 0 Å². The number of hydrogen-bond acceptors (Lipinski definition) is 6. The summed E-state index contributed by atoms with van der Waals surface area (Å²) in [6, 6.07) is 1.20. The summed E-state index contributed by atoms with van der Waals surface area (Å²) in [5.41, 5.74) is -1.07. The molecule has 1 aliphatic heterocycles. The van der Waals surface area contributed by atoms with E-state index in [-0.39, 0.29) is 5.82 Å². The van der Waals surface area contributed by atoms with Crippen molar-refractivity contribution >= 4 is 5.82 Å². The average Bonchev–Trinajstić information content (AvgIpc) is 2.67. The monoisotopic (exact) mass is 275 g/mol. The van der Waals surface area contributed by atoms with Crippen LogP contribution >= 0.6 is 0 Å². The quantitative estimate of drug-likeness (QED) is 0.597. The summed E-state index contributed by atoms with van der Waals surface area (Å²) in [4.78, 5) is 14.9. The molecule has 7 nitrogen and oxygen atoms in total. The number of aromatic nitrogens is 2. The zero-order chi connectivity index (χ0) is 14.2. The van der Waals surface area contributed by atoms with Gasteiger partial charge in [0.15, 0.2) is 23.6 Å². The van der Waals surface area contributed by atoms with Crippen molar-refractivity contribution in [2.45, 2.75) is 36.4 Å². The third-order valence-corrected chi connectivity index (χ3v) is 3.78. The highest BCUT2D eigenvalue weighted by Crippen LogP contribution is 2.68. The van der Waals surface area contributed by atoms with Crippen LogP contribution in [0.1, 0.15) is 13.2 Å². The Morgan fingerprint density at radius 3 is 2.68 bits per heavy atom. The number of nitrogen functional groups attached to an aromatic ring is 1. The smallest absolute Gasteiger partial charge is 0.351 e. The predicted molar refractivity (Wildman–Crippen MR) is 57.3 cm³/mol. The van der Waals surface area contributed by atoms with Gasteiger partial charge in [-0.3, -0.25) is 4.57 Å². The van der Waals surface area contributed by atoms with E-state index < -0.39 is 35.1 Å². The molecule has 0 bridgehead atoms. The lowest BCUT2D eigenvalue weighted by molar-refractivity contribution is -0.162. The van der Waals surface area contributed by atoms with E-state index in [1.165, 1.54) is 6.07 Å². The number of anilines is 1. The first kappa shape index (κ1) is 12.5. The molecule has 0 amide bonds. The van der Waals surface area contributed by atoms with Crippen molar-refractivity contribution in [1.29, 1.82) is 0 Å². The molecule has 0 spiro atoms. The van der Waals surface area contributed by atoms with Gasteiger partial charge >= 0.3 is 5.69 Å². The van der Waals surface area contributed by atoms with E-state index in [4.69, 9.17) is 10.5 Å². The second-order valence-corrected chi connectivity index (χ2v) is 4.90. The summed E-state index contributed by atoms with van der Waals surface area (Å²) in [6.07, 6.45) is -2.66. The van der Waals surface area contributed by atoms with Crippen LogP contribution < -0.4 is 11.4 Å². The largest absolute Gasteiger partial charge is 0.384 e. The Kier molecular flexibility index (Phi) is 2.04. The molecule has 5 atom stereocenters. The summed E-state index contributed by atoms with van der Waals surface area (Å²) in [5, 5.41) is 19.1. The van der Waals surface area contributed by atoms with Crippen LogP contribution in [0.4, 0.5) is 14.6 Å². The van der Waals surface area contributed by atoms with E-state index in [1.807, 2.05) is 0 Å². The fourth-order valence-electron chi connectivity index (χ4n) is 2.52. The van der Waals surface area contributed by atoms with Crippen LogP contribution in [-0.2, 0) is 4.74 Å². The third-order valence-electron chi connectivity index (χ3n) is 3.78. The second-order valence-electron chi connectivity index (χ2n) is 4.90. The summed E-state index contributed by atoms with van der Waals surface area (Å²) in [5.74, 6) is -3.01. The van der Waals surface area contributed by atoms with E-state index >= 15 is 0 Å². The number of fused-ring (bicyclic) bond motifs is 1. The predicted octanol–water partition coefficient (Wildman–Crippen LogP) is -1.15. The van der Waals surface area contributed by atoms with Crippen molar-refractivity contribution < 1.29 is 23.7 Å². The number of aliphatic hydroxyl groups excluding tert-OH is 1. The van der Waals surface area contributed by atoms with Gasteiger partial charge in [-0.1, -0.05) is 0 Å². The number of halogens is 2. The maximum Gasteiger partial charge on any atom is 0.351 e. The molecule has 2 aliphatic rings. The number of hydrogen-bond donors (Lipinski definition) is 3. The molecule has 4 N–H and O–H groups in total. The zero-order valence-electron chi connectivity index (χ0n) is 9.75. The minimum atomic E-state index is -2.93. The summed E-state index contributed by atoms with van der Waals surface area (Å²) >= 11 is 0. The van der Waals surface area contributed by atoms with Gasteiger partial charge in [-0.05, 0) is 13.0 Å². The van der Waals surface area contributed by atoms with E-state index in [9.17, 15) is 23.8 Å². The van der Waals surface area contributed by atoms with Gasteiger partial charge in [-0.25, -0.2) is 13.6 Å². The first-order valence-corrected chi connectivity index (χ1v) is 5.47. The fourth-order valence-corrected chi connectivity index (χ4v) is 2.52. The Balaban J connectivity index is 2.08. The van der Waals surface area contributed by atoms with Crippen LogP contribution in [0.5, 0.6) is 0 Å². The first-order valence-electron chi connectivity index (χ1n) is 5.47. The maximum atomic E-state index is 14.6. The molecule has 1 aliphatic carbocycles. The molecule has 3 rings (SSSR count). The van der Waals surface area contributed by atoms with E-state index in [2.05, 4.69) is 4.98 Å². The molecule has 1 aromatic rings. The molecule has 1 saturated carbocycles. The number of nitrogens with zero attached hydrogens (tertiary/aromatic N) is 2. The van der Waals surface area contributed by atoms with E-state index in [0.717, 1.165) is 13.1 Å². The zero-order valence-corrected chi connectivity index (χ0v) is 9.75. The molecule has 1 unspecified atom stereocenters. The minimum Gasteiger partial charge on any atom is -0.384 e. The normalized spacial score (nSPS) is 48.1. The van der Waals surface area contributed by atoms with Crippen molar-refractivity contribution in [3.05, 3.63) is 22.7 Å². The standard InChI is InChI=1S/C10H11F2N3O4/c1-8(11)6(15-3-2-4(13)14-7(15)17)19-10(12)5(16)9(8,10)18/h2-3,5-6,16,18H,1H3,(H2,13,14,17)/t5?,6-,8+,9+,10-/m1/s1. The van der Waals surface area contributed by atoms with Gasteiger partial charge in [0.1, 0.15) is 5.82 Å². The van der Waals surface area contributed by atoms with Gasteiger partial charge in [0.05, 0.1) is 0 Å². The fraction of sp³-hybridized carbons (Fsp3) is 0.600. The lowest BCUT2D eigenvalue weighted by Gasteiger charge is -2.28. The van der Waals surface area contributed by atoms with Crippen molar-refractivity contribution in [1.82, 2.24) is 9.55 Å². The molecule has 1 saturated heterocycles. The Labute approximate surface area is 105 Å². The topological polar surface area (TPSA) is 111 Å². The number of aliphatic hydroxyl groups is 2. The highest BCUT2D eigenvalue weighted by Gasteiger charge is 2.94. The second kappa shape index (κ2) is 3.11. The molecule has 19 heavy (non-hydrogen) atoms. The highest BCUT2D eigenvalue weighted by molar-refractivity contribution is 5.35. The summed E-state index contributed by atoms with van der Waals surface area (Å²) in [7, 11) is 0. The van der Waals surface area contributed by atoms with Crippen LogP contribution in [-0.4, -0.2) is 43.0 Å². The molecule has 104 valence electrons. The van der Waals surface area contributed by atoms with Crippen LogP contribution in [0.3, 0.4) is 0 Å². The SMILES string of the molecule is C[C@]1(F)[C@H](n2ccc(N)nc2=O)O[C@]2(F)C(O)[C@]12O. The van der Waals surface area contributed by atoms with Crippen molar-refractivity contribution in [2.24, 2.45) is 0 Å². The van der Waals surface area contributed by atoms with E-state index in [1.54, 1.807) is 0 Å². The number of rotatable bonds is 1. The van der Waals surface area contributed by atoms with Crippen LogP contribution in [0.2, 0.25) is 0 Å². The van der Waals surface area contributed by atoms with Gasteiger partial charge in [-0.2, -0.15) is 4.98 Å². The van der Waals surface area contributed by atoms with Crippen molar-refractivity contribution in [3.63, 3.8) is 0 Å².